The minimum Gasteiger partial charge on any atom is -0.311 e. The maximum atomic E-state index is 6.21. The van der Waals surface area contributed by atoms with Crippen LogP contribution in [0.15, 0.2) is 18.5 Å². The molecule has 17 heavy (non-hydrogen) atoms. The highest BCUT2D eigenvalue weighted by atomic mass is 35.5. The molecule has 1 atom stereocenters. The van der Waals surface area contributed by atoms with Crippen LogP contribution in [0.1, 0.15) is 38.7 Å². The Bertz CT molecular complexity index is 370. The molecule has 0 aliphatic carbocycles. The van der Waals surface area contributed by atoms with Crippen molar-refractivity contribution in [3.8, 4) is 0 Å². The number of hydrogen-bond donors (Lipinski definition) is 1. The highest BCUT2D eigenvalue weighted by molar-refractivity contribution is 6.31. The standard InChI is InChI=1S/C14H21ClN2/c1-11(2)8-14(5-3-6-17-14)9-12-4-7-16-10-13(12)15/h4,7,10-11,17H,3,5-6,8-9H2,1-2H3. The van der Waals surface area contributed by atoms with Gasteiger partial charge >= 0.3 is 0 Å². The maximum Gasteiger partial charge on any atom is 0.0621 e. The van der Waals surface area contributed by atoms with Crippen LogP contribution in [0.3, 0.4) is 0 Å². The Hall–Kier alpha value is -0.600. The van der Waals surface area contributed by atoms with Crippen LogP contribution in [0, 0.1) is 5.92 Å². The molecule has 0 radical (unpaired) electrons. The van der Waals surface area contributed by atoms with Gasteiger partial charge in [-0.1, -0.05) is 25.4 Å². The quantitative estimate of drug-likeness (QED) is 0.888. The molecular weight excluding hydrogens is 232 g/mol. The van der Waals surface area contributed by atoms with Gasteiger partial charge in [0.15, 0.2) is 0 Å². The van der Waals surface area contributed by atoms with E-state index in [0.29, 0.717) is 5.92 Å². The molecule has 1 N–H and O–H groups in total. The van der Waals surface area contributed by atoms with Crippen molar-refractivity contribution in [3.05, 3.63) is 29.0 Å². The molecule has 3 heteroatoms. The topological polar surface area (TPSA) is 24.9 Å². The Morgan fingerprint density at radius 3 is 2.94 bits per heavy atom. The zero-order valence-electron chi connectivity index (χ0n) is 10.7. The van der Waals surface area contributed by atoms with E-state index >= 15 is 0 Å². The first kappa shape index (κ1) is 12.8. The molecule has 0 amide bonds. The average Bonchev–Trinajstić information content (AvgIpc) is 2.69. The summed E-state index contributed by atoms with van der Waals surface area (Å²) in [7, 11) is 0. The van der Waals surface area contributed by atoms with Crippen LogP contribution in [0.5, 0.6) is 0 Å². The molecule has 0 spiro atoms. The third-order valence-electron chi connectivity index (χ3n) is 3.52. The molecule has 1 saturated heterocycles. The summed E-state index contributed by atoms with van der Waals surface area (Å²) in [4.78, 5) is 4.05. The Balaban J connectivity index is 2.15. The molecule has 2 nitrogen and oxygen atoms in total. The number of aromatic nitrogens is 1. The van der Waals surface area contributed by atoms with E-state index in [1.807, 2.05) is 12.3 Å². The van der Waals surface area contributed by atoms with Gasteiger partial charge in [-0.25, -0.2) is 0 Å². The van der Waals surface area contributed by atoms with E-state index in [0.717, 1.165) is 18.0 Å². The number of rotatable bonds is 4. The number of nitrogens with one attached hydrogen (secondary N) is 1. The fourth-order valence-electron chi connectivity index (χ4n) is 2.96. The lowest BCUT2D eigenvalue weighted by atomic mass is 9.82. The molecule has 1 aromatic rings. The van der Waals surface area contributed by atoms with Gasteiger partial charge in [0.1, 0.15) is 0 Å². The van der Waals surface area contributed by atoms with Gasteiger partial charge < -0.3 is 5.32 Å². The lowest BCUT2D eigenvalue weighted by Gasteiger charge is -2.32. The van der Waals surface area contributed by atoms with Gasteiger partial charge in [-0.05, 0) is 49.8 Å². The second-order valence-corrected chi connectivity index (χ2v) is 5.96. The highest BCUT2D eigenvalue weighted by Crippen LogP contribution is 2.32. The SMILES string of the molecule is CC(C)CC1(Cc2ccncc2Cl)CCCN1. The van der Waals surface area contributed by atoms with Crippen molar-refractivity contribution in [2.24, 2.45) is 5.92 Å². The molecule has 1 unspecified atom stereocenters. The Labute approximate surface area is 109 Å². The largest absolute Gasteiger partial charge is 0.311 e. The Morgan fingerprint density at radius 1 is 1.53 bits per heavy atom. The first-order valence-electron chi connectivity index (χ1n) is 6.45. The summed E-state index contributed by atoms with van der Waals surface area (Å²) in [6.07, 6.45) is 8.34. The molecule has 2 heterocycles. The van der Waals surface area contributed by atoms with Crippen LogP contribution in [0.2, 0.25) is 5.02 Å². The molecule has 1 aromatic heterocycles. The van der Waals surface area contributed by atoms with Crippen LogP contribution < -0.4 is 5.32 Å². The van der Waals surface area contributed by atoms with E-state index in [4.69, 9.17) is 11.6 Å². The molecule has 94 valence electrons. The third kappa shape index (κ3) is 3.20. The van der Waals surface area contributed by atoms with Gasteiger partial charge in [-0.15, -0.1) is 0 Å². The molecule has 1 fully saturated rings. The van der Waals surface area contributed by atoms with Gasteiger partial charge in [0.2, 0.25) is 0 Å². The predicted octanol–water partition coefficient (Wildman–Crippen LogP) is 3.45. The van der Waals surface area contributed by atoms with Gasteiger partial charge in [0, 0.05) is 17.9 Å². The summed E-state index contributed by atoms with van der Waals surface area (Å²) < 4.78 is 0. The number of halogens is 1. The molecule has 2 rings (SSSR count). The third-order valence-corrected chi connectivity index (χ3v) is 3.86. The summed E-state index contributed by atoms with van der Waals surface area (Å²) in [5.74, 6) is 0.709. The van der Waals surface area contributed by atoms with Crippen molar-refractivity contribution in [1.29, 1.82) is 0 Å². The van der Waals surface area contributed by atoms with Crippen molar-refractivity contribution in [2.75, 3.05) is 6.54 Å². The minimum atomic E-state index is 0.249. The summed E-state index contributed by atoms with van der Waals surface area (Å²) in [6.45, 7) is 5.71. The molecule has 0 saturated carbocycles. The lowest BCUT2D eigenvalue weighted by Crippen LogP contribution is -2.43. The van der Waals surface area contributed by atoms with Gasteiger partial charge in [0.05, 0.1) is 5.02 Å². The first-order valence-corrected chi connectivity index (χ1v) is 6.82. The maximum absolute atomic E-state index is 6.21. The highest BCUT2D eigenvalue weighted by Gasteiger charge is 2.34. The van der Waals surface area contributed by atoms with Crippen molar-refractivity contribution in [2.45, 2.75) is 45.1 Å². The van der Waals surface area contributed by atoms with Crippen LogP contribution in [-0.4, -0.2) is 17.1 Å². The van der Waals surface area contributed by atoms with E-state index in [9.17, 15) is 0 Å². The fourth-order valence-corrected chi connectivity index (χ4v) is 3.15. The molecule has 0 aromatic carbocycles. The van der Waals surface area contributed by atoms with E-state index in [-0.39, 0.29) is 5.54 Å². The van der Waals surface area contributed by atoms with E-state index in [2.05, 4.69) is 24.1 Å². The number of nitrogens with zero attached hydrogens (tertiary/aromatic N) is 1. The molecule has 1 aliphatic rings. The van der Waals surface area contributed by atoms with Gasteiger partial charge in [-0.2, -0.15) is 0 Å². The monoisotopic (exact) mass is 252 g/mol. The second-order valence-electron chi connectivity index (χ2n) is 5.55. The molecular formula is C14H21ClN2. The summed E-state index contributed by atoms with van der Waals surface area (Å²) in [5, 5.41) is 4.49. The summed E-state index contributed by atoms with van der Waals surface area (Å²) >= 11 is 6.21. The Morgan fingerprint density at radius 2 is 2.35 bits per heavy atom. The van der Waals surface area contributed by atoms with E-state index in [1.54, 1.807) is 6.20 Å². The lowest BCUT2D eigenvalue weighted by molar-refractivity contribution is 0.301. The summed E-state index contributed by atoms with van der Waals surface area (Å²) in [6, 6.07) is 2.05. The van der Waals surface area contributed by atoms with Crippen LogP contribution in [0.4, 0.5) is 0 Å². The fraction of sp³-hybridized carbons (Fsp3) is 0.643. The number of pyridine rings is 1. The van der Waals surface area contributed by atoms with E-state index in [1.165, 1.54) is 24.8 Å². The van der Waals surface area contributed by atoms with Crippen LogP contribution in [0.25, 0.3) is 0 Å². The van der Waals surface area contributed by atoms with Crippen LogP contribution in [-0.2, 0) is 6.42 Å². The average molecular weight is 253 g/mol. The summed E-state index contributed by atoms with van der Waals surface area (Å²) in [5.41, 5.74) is 1.47. The van der Waals surface area contributed by atoms with Crippen molar-refractivity contribution >= 4 is 11.6 Å². The number of hydrogen-bond acceptors (Lipinski definition) is 2. The van der Waals surface area contributed by atoms with Crippen molar-refractivity contribution < 1.29 is 0 Å². The van der Waals surface area contributed by atoms with Crippen molar-refractivity contribution in [1.82, 2.24) is 10.3 Å². The van der Waals surface area contributed by atoms with E-state index < -0.39 is 0 Å². The predicted molar refractivity (Wildman–Crippen MR) is 72.4 cm³/mol. The zero-order valence-corrected chi connectivity index (χ0v) is 11.4. The van der Waals surface area contributed by atoms with Gasteiger partial charge in [-0.3, -0.25) is 4.98 Å². The molecule has 1 aliphatic heterocycles. The zero-order chi connectivity index (χ0) is 12.3. The Kier molecular flexibility index (Phi) is 4.05. The smallest absolute Gasteiger partial charge is 0.0621 e. The van der Waals surface area contributed by atoms with Gasteiger partial charge in [0.25, 0.3) is 0 Å². The second kappa shape index (κ2) is 5.36. The minimum absolute atomic E-state index is 0.249. The first-order chi connectivity index (χ1) is 8.11. The van der Waals surface area contributed by atoms with Crippen LogP contribution >= 0.6 is 11.6 Å². The van der Waals surface area contributed by atoms with Crippen molar-refractivity contribution in [3.63, 3.8) is 0 Å². The normalized spacial score (nSPS) is 24.5. The molecule has 0 bridgehead atoms.